The first-order chi connectivity index (χ1) is 18.5. The summed E-state index contributed by atoms with van der Waals surface area (Å²) in [4.78, 5) is 13.6. The Labute approximate surface area is 222 Å². The number of anilines is 1. The van der Waals surface area contributed by atoms with Gasteiger partial charge >= 0.3 is 6.18 Å². The van der Waals surface area contributed by atoms with Crippen LogP contribution in [0.5, 0.6) is 5.75 Å². The number of phenolic OH excluding ortho intramolecular Hbond substituents is 1. The van der Waals surface area contributed by atoms with E-state index in [1.54, 1.807) is 16.7 Å². The number of nitrogens with zero attached hydrogens (tertiary/aromatic N) is 4. The summed E-state index contributed by atoms with van der Waals surface area (Å²) in [5.41, 5.74) is 1.03. The summed E-state index contributed by atoms with van der Waals surface area (Å²) in [6.45, 7) is -0.0270. The molecule has 0 aliphatic carbocycles. The summed E-state index contributed by atoms with van der Waals surface area (Å²) in [6.07, 6.45) is -1.28. The molecule has 0 saturated heterocycles. The smallest absolute Gasteiger partial charge is 0.416 e. The topological polar surface area (TPSA) is 122 Å². The van der Waals surface area contributed by atoms with E-state index in [0.29, 0.717) is 39.7 Å². The predicted molar refractivity (Wildman–Crippen MR) is 136 cm³/mol. The van der Waals surface area contributed by atoms with Crippen LogP contribution in [0, 0.1) is 5.82 Å². The third-order valence-electron chi connectivity index (χ3n) is 5.57. The lowest BCUT2D eigenvalue weighted by atomic mass is 10.1. The number of halogens is 4. The van der Waals surface area contributed by atoms with Crippen LogP contribution in [0.25, 0.3) is 27.6 Å². The van der Waals surface area contributed by atoms with E-state index in [9.17, 15) is 31.1 Å². The lowest BCUT2D eigenvalue weighted by molar-refractivity contribution is -0.137. The van der Waals surface area contributed by atoms with Crippen molar-refractivity contribution in [3.63, 3.8) is 0 Å². The predicted octanol–water partition coefficient (Wildman–Crippen LogP) is 4.77. The van der Waals surface area contributed by atoms with Gasteiger partial charge in [0.15, 0.2) is 16.5 Å². The molecule has 0 spiro atoms. The highest BCUT2D eigenvalue weighted by atomic mass is 32.2. The molecule has 3 aromatic heterocycles. The minimum absolute atomic E-state index is 0.0717. The van der Waals surface area contributed by atoms with Gasteiger partial charge in [-0.25, -0.2) is 32.5 Å². The zero-order valence-corrected chi connectivity index (χ0v) is 21.3. The number of benzene rings is 2. The van der Waals surface area contributed by atoms with Crippen molar-refractivity contribution >= 4 is 32.3 Å². The Hall–Kier alpha value is -4.08. The molecule has 0 amide bonds. The van der Waals surface area contributed by atoms with Gasteiger partial charge in [0, 0.05) is 36.4 Å². The zero-order valence-electron chi connectivity index (χ0n) is 19.6. The number of sulfonamides is 1. The van der Waals surface area contributed by atoms with Gasteiger partial charge in [-0.05, 0) is 48.5 Å². The fourth-order valence-corrected chi connectivity index (χ4v) is 5.48. The molecule has 0 unspecified atom stereocenters. The summed E-state index contributed by atoms with van der Waals surface area (Å²) in [5.74, 6) is -1.10. The summed E-state index contributed by atoms with van der Waals surface area (Å²) >= 11 is 1.38. The Morgan fingerprint density at radius 3 is 2.51 bits per heavy atom. The highest BCUT2D eigenvalue weighted by Crippen LogP contribution is 2.35. The number of hydrogen-bond donors (Lipinski definition) is 3. The molecule has 5 rings (SSSR count). The van der Waals surface area contributed by atoms with Crippen LogP contribution in [0.15, 0.2) is 71.2 Å². The Morgan fingerprint density at radius 1 is 1.03 bits per heavy atom. The Bertz CT molecular complexity index is 1750. The number of aromatic hydroxyl groups is 1. The minimum Gasteiger partial charge on any atom is -0.505 e. The molecule has 0 bridgehead atoms. The van der Waals surface area contributed by atoms with E-state index in [4.69, 9.17) is 0 Å². The maximum atomic E-state index is 13.6. The summed E-state index contributed by atoms with van der Waals surface area (Å²) in [7, 11) is -4.04. The number of nitrogens with one attached hydrogen (secondary N) is 2. The molecule has 0 saturated carbocycles. The molecule has 0 radical (unpaired) electrons. The first-order valence-electron chi connectivity index (χ1n) is 11.2. The third kappa shape index (κ3) is 5.55. The number of phenols is 1. The van der Waals surface area contributed by atoms with Crippen LogP contribution in [-0.4, -0.2) is 46.0 Å². The number of thiazole rings is 1. The van der Waals surface area contributed by atoms with E-state index in [-0.39, 0.29) is 23.9 Å². The highest BCUT2D eigenvalue weighted by Gasteiger charge is 2.30. The summed E-state index contributed by atoms with van der Waals surface area (Å²) in [5, 5.41) is 14.6. The van der Waals surface area contributed by atoms with Crippen LogP contribution >= 0.6 is 11.3 Å². The van der Waals surface area contributed by atoms with Crippen LogP contribution in [0.1, 0.15) is 5.56 Å². The molecule has 3 N–H and O–H groups in total. The lowest BCUT2D eigenvalue weighted by Gasteiger charge is -2.10. The van der Waals surface area contributed by atoms with Gasteiger partial charge in [-0.1, -0.05) is 0 Å². The van der Waals surface area contributed by atoms with Crippen molar-refractivity contribution in [2.45, 2.75) is 11.1 Å². The van der Waals surface area contributed by atoms with Crippen molar-refractivity contribution in [2.75, 3.05) is 18.4 Å². The van der Waals surface area contributed by atoms with E-state index in [1.165, 1.54) is 29.7 Å². The Kier molecular flexibility index (Phi) is 6.96. The fraction of sp³-hybridized carbons (Fsp3) is 0.125. The van der Waals surface area contributed by atoms with Gasteiger partial charge < -0.3 is 10.4 Å². The van der Waals surface area contributed by atoms with Crippen molar-refractivity contribution in [1.82, 2.24) is 24.1 Å². The van der Waals surface area contributed by atoms with Crippen LogP contribution in [-0.2, 0) is 16.2 Å². The number of rotatable bonds is 8. The van der Waals surface area contributed by atoms with Gasteiger partial charge in [-0.15, -0.1) is 11.3 Å². The second-order valence-electron chi connectivity index (χ2n) is 8.14. The average molecular weight is 579 g/mol. The number of imidazole rings is 1. The Morgan fingerprint density at radius 2 is 1.79 bits per heavy atom. The maximum absolute atomic E-state index is 13.6. The molecule has 39 heavy (non-hydrogen) atoms. The van der Waals surface area contributed by atoms with Gasteiger partial charge in [0.2, 0.25) is 16.0 Å². The molecule has 202 valence electrons. The highest BCUT2D eigenvalue weighted by molar-refractivity contribution is 7.89. The number of alkyl halides is 3. The normalized spacial score (nSPS) is 12.2. The third-order valence-corrected chi connectivity index (χ3v) is 7.81. The van der Waals surface area contributed by atoms with E-state index in [1.807, 2.05) is 5.38 Å². The number of fused-ring (bicyclic) bond motifs is 1. The number of hydrogen-bond acceptors (Lipinski definition) is 8. The SMILES string of the molecule is O=S(=O)(NCCNc1nccc(-c2c(-c3ccc(F)c(O)c3)nc3sccn23)n1)c1ccc(C(F)(F)F)cc1. The fourth-order valence-electron chi connectivity index (χ4n) is 3.73. The van der Waals surface area contributed by atoms with Crippen LogP contribution in [0.2, 0.25) is 0 Å². The second kappa shape index (κ2) is 10.2. The van der Waals surface area contributed by atoms with E-state index in [2.05, 4.69) is 25.0 Å². The molecule has 0 aliphatic rings. The van der Waals surface area contributed by atoms with E-state index >= 15 is 0 Å². The molecule has 2 aromatic carbocycles. The largest absolute Gasteiger partial charge is 0.505 e. The molecule has 0 fully saturated rings. The van der Waals surface area contributed by atoms with Crippen molar-refractivity contribution in [3.8, 4) is 28.4 Å². The molecular weight excluding hydrogens is 560 g/mol. The second-order valence-corrected chi connectivity index (χ2v) is 10.8. The van der Waals surface area contributed by atoms with Crippen molar-refractivity contribution < 1.29 is 31.1 Å². The number of aromatic nitrogens is 4. The van der Waals surface area contributed by atoms with Gasteiger partial charge in [0.05, 0.1) is 21.8 Å². The summed E-state index contributed by atoms with van der Waals surface area (Å²) in [6, 6.07) is 8.74. The summed E-state index contributed by atoms with van der Waals surface area (Å²) < 4.78 is 80.8. The van der Waals surface area contributed by atoms with Crippen LogP contribution in [0.3, 0.4) is 0 Å². The molecule has 5 aromatic rings. The van der Waals surface area contributed by atoms with Gasteiger partial charge in [0.1, 0.15) is 5.69 Å². The molecule has 15 heteroatoms. The molecule has 0 aliphatic heterocycles. The van der Waals surface area contributed by atoms with Crippen molar-refractivity contribution in [3.05, 3.63) is 77.7 Å². The molecular formula is C24H18F4N6O3S2. The average Bonchev–Trinajstić information content (AvgIpc) is 3.50. The lowest BCUT2D eigenvalue weighted by Crippen LogP contribution is -2.29. The van der Waals surface area contributed by atoms with Crippen LogP contribution < -0.4 is 10.0 Å². The van der Waals surface area contributed by atoms with Gasteiger partial charge in [-0.3, -0.25) is 4.40 Å². The maximum Gasteiger partial charge on any atom is 0.416 e. The van der Waals surface area contributed by atoms with E-state index < -0.39 is 33.3 Å². The van der Waals surface area contributed by atoms with Crippen molar-refractivity contribution in [2.24, 2.45) is 0 Å². The molecule has 3 heterocycles. The van der Waals surface area contributed by atoms with Crippen molar-refractivity contribution in [1.29, 1.82) is 0 Å². The minimum atomic E-state index is -4.57. The zero-order chi connectivity index (χ0) is 27.8. The van der Waals surface area contributed by atoms with Crippen LogP contribution in [0.4, 0.5) is 23.5 Å². The standard InChI is InChI=1S/C24H18F4N6O3S2/c25-17-6-1-14(13-19(17)35)20-21(34-11-12-38-23(34)33-20)18-7-8-29-22(32-18)30-9-10-31-39(36,37)16-4-2-15(3-5-16)24(26,27)28/h1-8,11-13,31,35H,9-10H2,(H,29,30,32). The quantitative estimate of drug-likeness (QED) is 0.179. The molecule has 9 nitrogen and oxygen atoms in total. The first-order valence-corrected chi connectivity index (χ1v) is 13.6. The first kappa shape index (κ1) is 26.5. The van der Waals surface area contributed by atoms with E-state index in [0.717, 1.165) is 18.2 Å². The molecule has 0 atom stereocenters. The Balaban J connectivity index is 1.31. The van der Waals surface area contributed by atoms with Gasteiger partial charge in [-0.2, -0.15) is 13.2 Å². The van der Waals surface area contributed by atoms with Gasteiger partial charge in [0.25, 0.3) is 0 Å². The monoisotopic (exact) mass is 578 g/mol.